The van der Waals surface area contributed by atoms with Crippen molar-refractivity contribution in [2.75, 3.05) is 31.1 Å². The van der Waals surface area contributed by atoms with Crippen LogP contribution >= 0.6 is 34.8 Å². The van der Waals surface area contributed by atoms with Crippen LogP contribution in [0.25, 0.3) is 0 Å². The van der Waals surface area contributed by atoms with E-state index in [2.05, 4.69) is 9.97 Å². The number of hydrogen-bond donors (Lipinski definition) is 0. The fraction of sp³-hybridized carbons (Fsp3) is 0.615. The smallest absolute Gasteiger partial charge is 0.410 e. The number of rotatable bonds is 1. The molecule has 1 saturated heterocycles. The highest BCUT2D eigenvalue weighted by atomic mass is 35.5. The molecule has 1 aromatic rings. The zero-order valence-electron chi connectivity index (χ0n) is 12.6. The molecule has 0 aromatic carbocycles. The summed E-state index contributed by atoms with van der Waals surface area (Å²) in [6, 6.07) is 0. The summed E-state index contributed by atoms with van der Waals surface area (Å²) in [5.74, 6) is 0.482. The third-order valence-corrected chi connectivity index (χ3v) is 3.88. The van der Waals surface area contributed by atoms with Crippen molar-refractivity contribution in [1.82, 2.24) is 14.9 Å². The Morgan fingerprint density at radius 1 is 1.09 bits per heavy atom. The van der Waals surface area contributed by atoms with Gasteiger partial charge in [-0.05, 0) is 32.4 Å². The molecule has 9 heteroatoms. The topological polar surface area (TPSA) is 58.6 Å². The normalized spacial score (nSPS) is 15.9. The first-order valence-corrected chi connectivity index (χ1v) is 7.92. The van der Waals surface area contributed by atoms with Gasteiger partial charge < -0.3 is 14.5 Å². The van der Waals surface area contributed by atoms with Gasteiger partial charge in [-0.1, -0.05) is 23.2 Å². The van der Waals surface area contributed by atoms with E-state index in [0.29, 0.717) is 32.0 Å². The van der Waals surface area contributed by atoms with Gasteiger partial charge in [0.25, 0.3) is 0 Å². The molecule has 0 saturated carbocycles. The Bertz CT molecular complexity index is 569. The van der Waals surface area contributed by atoms with E-state index in [1.54, 1.807) is 4.90 Å². The second kappa shape index (κ2) is 6.64. The maximum absolute atomic E-state index is 12.0. The number of hydrogen-bond acceptors (Lipinski definition) is 5. The Kier molecular flexibility index (Phi) is 5.25. The maximum Gasteiger partial charge on any atom is 0.410 e. The summed E-state index contributed by atoms with van der Waals surface area (Å²) in [6.45, 7) is 7.64. The third kappa shape index (κ3) is 4.27. The lowest BCUT2D eigenvalue weighted by molar-refractivity contribution is 0.0240. The van der Waals surface area contributed by atoms with Crippen molar-refractivity contribution in [3.05, 3.63) is 15.5 Å². The first-order chi connectivity index (χ1) is 10.2. The number of halogens is 3. The van der Waals surface area contributed by atoms with Crippen molar-refractivity contribution in [2.24, 2.45) is 0 Å². The van der Waals surface area contributed by atoms with Crippen LogP contribution in [-0.2, 0) is 4.74 Å². The number of amides is 1. The first-order valence-electron chi connectivity index (χ1n) is 6.79. The molecular weight excluding hydrogens is 351 g/mol. The molecular formula is C13H17Cl3N4O2. The van der Waals surface area contributed by atoms with E-state index in [4.69, 9.17) is 39.5 Å². The SMILES string of the molecule is CC(C)(C)OC(=O)N1CCN(c2nc(Cl)nc(Cl)c2Cl)CC1. The number of carbonyl (C=O) groups is 1. The largest absolute Gasteiger partial charge is 0.444 e. The van der Waals surface area contributed by atoms with Crippen molar-refractivity contribution < 1.29 is 9.53 Å². The molecule has 1 amide bonds. The molecule has 0 spiro atoms. The van der Waals surface area contributed by atoms with E-state index in [-0.39, 0.29) is 21.6 Å². The molecule has 0 atom stereocenters. The number of anilines is 1. The average molecular weight is 368 g/mol. The molecule has 0 bridgehead atoms. The molecule has 2 heterocycles. The first kappa shape index (κ1) is 17.4. The number of carbonyl (C=O) groups excluding carboxylic acids is 1. The van der Waals surface area contributed by atoms with Crippen molar-refractivity contribution in [3.8, 4) is 0 Å². The van der Waals surface area contributed by atoms with Gasteiger partial charge in [0, 0.05) is 26.2 Å². The Morgan fingerprint density at radius 2 is 1.68 bits per heavy atom. The van der Waals surface area contributed by atoms with Crippen LogP contribution in [0.2, 0.25) is 15.5 Å². The standard InChI is InChI=1S/C13H17Cl3N4O2/c1-13(2,3)22-12(21)20-6-4-19(5-7-20)10-8(14)9(15)17-11(16)18-10/h4-7H2,1-3H3. The summed E-state index contributed by atoms with van der Waals surface area (Å²) in [6.07, 6.45) is -0.322. The van der Waals surface area contributed by atoms with E-state index in [1.165, 1.54) is 0 Å². The zero-order chi connectivity index (χ0) is 16.5. The van der Waals surface area contributed by atoms with Gasteiger partial charge in [-0.3, -0.25) is 0 Å². The van der Waals surface area contributed by atoms with Gasteiger partial charge in [0.2, 0.25) is 5.28 Å². The fourth-order valence-corrected chi connectivity index (χ4v) is 2.60. The van der Waals surface area contributed by atoms with Gasteiger partial charge in [0.1, 0.15) is 10.6 Å². The van der Waals surface area contributed by atoms with Crippen molar-refractivity contribution in [1.29, 1.82) is 0 Å². The van der Waals surface area contributed by atoms with Gasteiger partial charge >= 0.3 is 6.09 Å². The van der Waals surface area contributed by atoms with E-state index < -0.39 is 5.60 Å². The van der Waals surface area contributed by atoms with E-state index in [0.717, 1.165) is 0 Å². The van der Waals surface area contributed by atoms with Crippen LogP contribution < -0.4 is 4.90 Å². The molecule has 2 rings (SSSR count). The minimum Gasteiger partial charge on any atom is -0.444 e. The predicted octanol–water partition coefficient (Wildman–Crippen LogP) is 3.49. The summed E-state index contributed by atoms with van der Waals surface area (Å²) >= 11 is 17.9. The molecule has 1 fully saturated rings. The Labute approximate surface area is 144 Å². The van der Waals surface area contributed by atoms with E-state index in [1.807, 2.05) is 25.7 Å². The fourth-order valence-electron chi connectivity index (χ4n) is 2.02. The molecule has 122 valence electrons. The van der Waals surface area contributed by atoms with Crippen LogP contribution in [0, 0.1) is 0 Å². The highest BCUT2D eigenvalue weighted by molar-refractivity contribution is 6.43. The van der Waals surface area contributed by atoms with Crippen molar-refractivity contribution >= 4 is 46.7 Å². The molecule has 22 heavy (non-hydrogen) atoms. The Balaban J connectivity index is 2.02. The summed E-state index contributed by atoms with van der Waals surface area (Å²) in [4.78, 5) is 23.5. The van der Waals surface area contributed by atoms with Gasteiger partial charge in [0.15, 0.2) is 11.0 Å². The minimum absolute atomic E-state index is 0.0407. The molecule has 0 radical (unpaired) electrons. The second-order valence-corrected chi connectivity index (χ2v) is 6.95. The molecule has 0 aliphatic carbocycles. The van der Waals surface area contributed by atoms with Gasteiger partial charge in [-0.15, -0.1) is 0 Å². The maximum atomic E-state index is 12.0. The van der Waals surface area contributed by atoms with E-state index >= 15 is 0 Å². The highest BCUT2D eigenvalue weighted by Crippen LogP contribution is 2.31. The molecule has 0 unspecified atom stereocenters. The Morgan fingerprint density at radius 3 is 2.23 bits per heavy atom. The predicted molar refractivity (Wildman–Crippen MR) is 87.1 cm³/mol. The van der Waals surface area contributed by atoms with Crippen LogP contribution in [0.1, 0.15) is 20.8 Å². The molecule has 0 N–H and O–H groups in total. The third-order valence-electron chi connectivity index (χ3n) is 3.00. The summed E-state index contributed by atoms with van der Waals surface area (Å²) in [7, 11) is 0. The van der Waals surface area contributed by atoms with E-state index in [9.17, 15) is 4.79 Å². The lowest BCUT2D eigenvalue weighted by Crippen LogP contribution is -2.50. The summed E-state index contributed by atoms with van der Waals surface area (Å²) in [5.41, 5.74) is -0.509. The quantitative estimate of drug-likeness (QED) is 0.562. The summed E-state index contributed by atoms with van der Waals surface area (Å²) in [5, 5.41) is 0.419. The van der Waals surface area contributed by atoms with Gasteiger partial charge in [0.05, 0.1) is 0 Å². The van der Waals surface area contributed by atoms with Crippen LogP contribution in [0.3, 0.4) is 0 Å². The van der Waals surface area contributed by atoms with Crippen LogP contribution in [-0.4, -0.2) is 52.7 Å². The zero-order valence-corrected chi connectivity index (χ0v) is 14.8. The van der Waals surface area contributed by atoms with Gasteiger partial charge in [-0.2, -0.15) is 4.98 Å². The monoisotopic (exact) mass is 366 g/mol. The lowest BCUT2D eigenvalue weighted by atomic mass is 10.2. The lowest BCUT2D eigenvalue weighted by Gasteiger charge is -2.36. The number of aromatic nitrogens is 2. The van der Waals surface area contributed by atoms with Crippen LogP contribution in [0.15, 0.2) is 0 Å². The molecule has 6 nitrogen and oxygen atoms in total. The Hall–Kier alpha value is -0.980. The van der Waals surface area contributed by atoms with Crippen molar-refractivity contribution in [2.45, 2.75) is 26.4 Å². The summed E-state index contributed by atoms with van der Waals surface area (Å²) < 4.78 is 5.35. The molecule has 1 aromatic heterocycles. The minimum atomic E-state index is -0.509. The second-order valence-electron chi connectivity index (χ2n) is 5.88. The van der Waals surface area contributed by atoms with Gasteiger partial charge in [-0.25, -0.2) is 9.78 Å². The van der Waals surface area contributed by atoms with Crippen LogP contribution in [0.5, 0.6) is 0 Å². The van der Waals surface area contributed by atoms with Crippen LogP contribution in [0.4, 0.5) is 10.6 Å². The van der Waals surface area contributed by atoms with Crippen molar-refractivity contribution in [3.63, 3.8) is 0 Å². The molecule has 1 aliphatic heterocycles. The molecule has 1 aliphatic rings. The average Bonchev–Trinajstić information content (AvgIpc) is 2.41. The highest BCUT2D eigenvalue weighted by Gasteiger charge is 2.27. The number of ether oxygens (including phenoxy) is 1. The number of nitrogens with zero attached hydrogens (tertiary/aromatic N) is 4. The number of piperazine rings is 1.